The second kappa shape index (κ2) is 6.39. The van der Waals surface area contributed by atoms with Crippen molar-refractivity contribution in [2.24, 2.45) is 0 Å². The summed E-state index contributed by atoms with van der Waals surface area (Å²) in [7, 11) is 1.72. The van der Waals surface area contributed by atoms with Gasteiger partial charge in [-0.3, -0.25) is 0 Å². The number of hydrogen-bond donors (Lipinski definition) is 2. The van der Waals surface area contributed by atoms with Crippen LogP contribution in [0.3, 0.4) is 0 Å². The Morgan fingerprint density at radius 2 is 1.82 bits per heavy atom. The van der Waals surface area contributed by atoms with Crippen LogP contribution in [-0.4, -0.2) is 7.11 Å². The van der Waals surface area contributed by atoms with Crippen LogP contribution < -0.4 is 15.8 Å². The van der Waals surface area contributed by atoms with Gasteiger partial charge in [0.05, 0.1) is 7.11 Å². The van der Waals surface area contributed by atoms with Crippen LogP contribution in [0.5, 0.6) is 5.75 Å². The number of nitrogens with two attached hydrogens (primary N) is 1. The van der Waals surface area contributed by atoms with E-state index in [2.05, 4.69) is 35.7 Å². The van der Waals surface area contributed by atoms with Gasteiger partial charge in [0.25, 0.3) is 0 Å². The van der Waals surface area contributed by atoms with Crippen LogP contribution >= 0.6 is 0 Å². The molecule has 0 radical (unpaired) electrons. The first kappa shape index (κ1) is 14.3. The van der Waals surface area contributed by atoms with Gasteiger partial charge >= 0.3 is 0 Å². The van der Waals surface area contributed by atoms with E-state index in [0.717, 1.165) is 29.2 Å². The third kappa shape index (κ3) is 3.14. The van der Waals surface area contributed by atoms with Crippen molar-refractivity contribution in [3.63, 3.8) is 0 Å². The Morgan fingerprint density at radius 1 is 1.05 bits per heavy atom. The topological polar surface area (TPSA) is 47.3 Å². The minimum Gasteiger partial charge on any atom is -0.496 e. The van der Waals surface area contributed by atoms with Gasteiger partial charge in [0.2, 0.25) is 0 Å². The molecule has 1 unspecified atom stereocenters. The highest BCUT2D eigenvalue weighted by molar-refractivity contribution is 5.64. The zero-order valence-electron chi connectivity index (χ0n) is 12.6. The fourth-order valence-corrected chi connectivity index (χ4v) is 2.65. The van der Waals surface area contributed by atoms with E-state index in [0.29, 0.717) is 5.92 Å². The Bertz CT molecular complexity index is 702. The third-order valence-electron chi connectivity index (χ3n) is 3.81. The van der Waals surface area contributed by atoms with E-state index >= 15 is 0 Å². The molecule has 2 aromatic rings. The monoisotopic (exact) mass is 292 g/mol. The van der Waals surface area contributed by atoms with Crippen molar-refractivity contribution in [1.82, 2.24) is 0 Å². The van der Waals surface area contributed by atoms with Crippen LogP contribution in [0.2, 0.25) is 0 Å². The summed E-state index contributed by atoms with van der Waals surface area (Å²) in [5, 5.41) is 3.41. The van der Waals surface area contributed by atoms with E-state index in [1.54, 1.807) is 7.11 Å². The van der Waals surface area contributed by atoms with Gasteiger partial charge in [-0.2, -0.15) is 0 Å². The fourth-order valence-electron chi connectivity index (χ4n) is 2.65. The largest absolute Gasteiger partial charge is 0.496 e. The lowest BCUT2D eigenvalue weighted by Gasteiger charge is -2.18. The molecule has 3 heteroatoms. The summed E-state index contributed by atoms with van der Waals surface area (Å²) in [6.45, 7) is 0. The van der Waals surface area contributed by atoms with E-state index in [-0.39, 0.29) is 0 Å². The molecule has 0 bridgehead atoms. The van der Waals surface area contributed by atoms with Crippen molar-refractivity contribution >= 4 is 17.1 Å². The Labute approximate surface area is 131 Å². The van der Waals surface area contributed by atoms with Gasteiger partial charge in [-0.05, 0) is 48.9 Å². The number of ether oxygens (including phenoxy) is 1. The van der Waals surface area contributed by atoms with Crippen LogP contribution in [-0.2, 0) is 0 Å². The van der Waals surface area contributed by atoms with Crippen molar-refractivity contribution in [3.05, 3.63) is 72.3 Å². The molecular weight excluding hydrogens is 272 g/mol. The molecule has 3 rings (SSSR count). The highest BCUT2D eigenvalue weighted by Crippen LogP contribution is 2.34. The van der Waals surface area contributed by atoms with Crippen molar-refractivity contribution in [2.75, 3.05) is 18.2 Å². The predicted octanol–water partition coefficient (Wildman–Crippen LogP) is 4.62. The number of nitrogens with one attached hydrogen (secondary N) is 1. The van der Waals surface area contributed by atoms with Gasteiger partial charge in [-0.1, -0.05) is 24.3 Å². The summed E-state index contributed by atoms with van der Waals surface area (Å²) in [4.78, 5) is 0. The van der Waals surface area contributed by atoms with E-state index in [1.807, 2.05) is 36.4 Å². The summed E-state index contributed by atoms with van der Waals surface area (Å²) in [6, 6.07) is 13.9. The molecule has 0 heterocycles. The Hall–Kier alpha value is -2.68. The van der Waals surface area contributed by atoms with Gasteiger partial charge in [-0.15, -0.1) is 0 Å². The molecule has 1 aliphatic carbocycles. The van der Waals surface area contributed by atoms with Crippen LogP contribution in [0.15, 0.2) is 66.8 Å². The van der Waals surface area contributed by atoms with Gasteiger partial charge < -0.3 is 15.8 Å². The molecule has 0 aromatic heterocycles. The Morgan fingerprint density at radius 3 is 2.50 bits per heavy atom. The van der Waals surface area contributed by atoms with Gasteiger partial charge in [0, 0.05) is 28.5 Å². The average Bonchev–Trinajstić information content (AvgIpc) is 2.58. The van der Waals surface area contributed by atoms with Crippen LogP contribution in [0.4, 0.5) is 17.1 Å². The molecule has 0 saturated carbocycles. The first-order valence-corrected chi connectivity index (χ1v) is 7.40. The van der Waals surface area contributed by atoms with Gasteiger partial charge in [0.15, 0.2) is 0 Å². The minimum atomic E-state index is 0.355. The highest BCUT2D eigenvalue weighted by atomic mass is 16.5. The first-order chi connectivity index (χ1) is 10.8. The van der Waals surface area contributed by atoms with E-state index < -0.39 is 0 Å². The molecule has 0 fully saturated rings. The summed E-state index contributed by atoms with van der Waals surface area (Å²) in [5.74, 6) is 1.28. The lowest BCUT2D eigenvalue weighted by molar-refractivity contribution is 0.408. The zero-order chi connectivity index (χ0) is 15.4. The molecule has 0 aliphatic heterocycles. The third-order valence-corrected chi connectivity index (χ3v) is 3.81. The van der Waals surface area contributed by atoms with E-state index in [9.17, 15) is 0 Å². The maximum atomic E-state index is 5.72. The molecule has 1 atom stereocenters. The average molecular weight is 292 g/mol. The van der Waals surface area contributed by atoms with Crippen LogP contribution in [0.1, 0.15) is 17.9 Å². The molecule has 112 valence electrons. The predicted molar refractivity (Wildman–Crippen MR) is 92.8 cm³/mol. The lowest BCUT2D eigenvalue weighted by atomic mass is 9.91. The summed E-state index contributed by atoms with van der Waals surface area (Å²) < 4.78 is 5.52. The summed E-state index contributed by atoms with van der Waals surface area (Å²) in [5.41, 5.74) is 9.75. The van der Waals surface area contributed by atoms with Crippen LogP contribution in [0, 0.1) is 0 Å². The number of hydrogen-bond acceptors (Lipinski definition) is 3. The standard InChI is InChI=1S/C19H20N2O/c1-22-19-12-11-17(21-16-9-7-15(20)8-10-16)13-18(19)14-5-3-2-4-6-14/h2-5,7-14,21H,6,20H2,1H3. The lowest BCUT2D eigenvalue weighted by Crippen LogP contribution is -2.01. The number of anilines is 3. The maximum absolute atomic E-state index is 5.72. The number of methoxy groups -OCH3 is 1. The molecule has 22 heavy (non-hydrogen) atoms. The molecule has 3 nitrogen and oxygen atoms in total. The minimum absolute atomic E-state index is 0.355. The zero-order valence-corrected chi connectivity index (χ0v) is 12.6. The molecule has 2 aromatic carbocycles. The molecule has 0 spiro atoms. The Balaban J connectivity index is 1.87. The number of allylic oxidation sites excluding steroid dienone is 4. The summed E-state index contributed by atoms with van der Waals surface area (Å²) in [6.07, 6.45) is 9.57. The van der Waals surface area contributed by atoms with Crippen molar-refractivity contribution in [2.45, 2.75) is 12.3 Å². The number of nitrogen functional groups attached to an aromatic ring is 1. The molecule has 1 aliphatic rings. The SMILES string of the molecule is COc1ccc(Nc2ccc(N)cc2)cc1C1C=CC=CC1. The highest BCUT2D eigenvalue weighted by Gasteiger charge is 2.14. The van der Waals surface area contributed by atoms with Crippen molar-refractivity contribution in [3.8, 4) is 5.75 Å². The smallest absolute Gasteiger partial charge is 0.122 e. The van der Waals surface area contributed by atoms with Gasteiger partial charge in [0.1, 0.15) is 5.75 Å². The van der Waals surface area contributed by atoms with E-state index in [1.165, 1.54) is 5.56 Å². The van der Waals surface area contributed by atoms with Gasteiger partial charge in [-0.25, -0.2) is 0 Å². The van der Waals surface area contributed by atoms with Crippen LogP contribution in [0.25, 0.3) is 0 Å². The number of rotatable bonds is 4. The summed E-state index contributed by atoms with van der Waals surface area (Å²) >= 11 is 0. The fraction of sp³-hybridized carbons (Fsp3) is 0.158. The Kier molecular flexibility index (Phi) is 4.15. The molecular formula is C19H20N2O. The normalized spacial score (nSPS) is 16.5. The van der Waals surface area contributed by atoms with E-state index in [4.69, 9.17) is 10.5 Å². The second-order valence-corrected chi connectivity index (χ2v) is 5.36. The quantitative estimate of drug-likeness (QED) is 0.808. The molecule has 3 N–H and O–H groups in total. The second-order valence-electron chi connectivity index (χ2n) is 5.36. The maximum Gasteiger partial charge on any atom is 0.122 e. The van der Waals surface area contributed by atoms with Crippen molar-refractivity contribution < 1.29 is 4.74 Å². The number of benzene rings is 2. The first-order valence-electron chi connectivity index (χ1n) is 7.40. The van der Waals surface area contributed by atoms with Crippen molar-refractivity contribution in [1.29, 1.82) is 0 Å². The molecule has 0 amide bonds. The molecule has 0 saturated heterocycles.